The van der Waals surface area contributed by atoms with Gasteiger partial charge in [0.25, 0.3) is 0 Å². The molecule has 0 saturated heterocycles. The predicted octanol–water partition coefficient (Wildman–Crippen LogP) is 9.26. The Kier molecular flexibility index (Phi) is 20.0. The van der Waals surface area contributed by atoms with Crippen molar-refractivity contribution < 1.29 is 72.9 Å². The summed E-state index contributed by atoms with van der Waals surface area (Å²) in [6.07, 6.45) is -7.36. The number of ketones is 1. The van der Waals surface area contributed by atoms with Gasteiger partial charge in [0.05, 0.1) is 35.8 Å². The zero-order valence-corrected chi connectivity index (χ0v) is 40.4. The van der Waals surface area contributed by atoms with E-state index in [4.69, 9.17) is 36.3 Å². The van der Waals surface area contributed by atoms with Crippen molar-refractivity contribution in [3.63, 3.8) is 0 Å². The number of hydrogen-bond donors (Lipinski definition) is 7. The summed E-state index contributed by atoms with van der Waals surface area (Å²) in [5, 5.41) is 20.5. The Bertz CT molecular complexity index is 2110. The number of aromatic amines is 2. The van der Waals surface area contributed by atoms with Crippen LogP contribution in [0.25, 0.3) is 0 Å². The fraction of sp³-hybridized carbons (Fsp3) is 0.714. The Morgan fingerprint density at radius 2 is 1.13 bits per heavy atom. The number of Topliss-reactive ketones (excluding diaryl/α,β-unsaturated/α-hetero) is 1. The van der Waals surface area contributed by atoms with Crippen LogP contribution in [-0.4, -0.2) is 89.1 Å². The predicted molar refractivity (Wildman–Crippen MR) is 235 cm³/mol. The number of amidine groups is 1. The molecule has 2 heterocycles. The maximum atomic E-state index is 12.5. The number of nitrogens with zero attached hydrogens (tertiary/aromatic N) is 3. The van der Waals surface area contributed by atoms with Crippen molar-refractivity contribution >= 4 is 45.7 Å². The molecule has 9 N–H and O–H groups in total. The second-order valence-corrected chi connectivity index (χ2v) is 20.0. The summed E-state index contributed by atoms with van der Waals surface area (Å²) in [6, 6.07) is 2.06. The highest BCUT2D eigenvalue weighted by Gasteiger charge is 2.51. The van der Waals surface area contributed by atoms with E-state index in [1.165, 1.54) is 0 Å². The van der Waals surface area contributed by atoms with Crippen LogP contribution in [-0.2, 0) is 47.1 Å². The molecule has 4 aliphatic rings. The summed E-state index contributed by atoms with van der Waals surface area (Å²) < 4.78 is 122. The number of esters is 1. The Labute approximate surface area is 402 Å². The van der Waals surface area contributed by atoms with E-state index >= 15 is 0 Å². The van der Waals surface area contributed by atoms with Gasteiger partial charge in [0.2, 0.25) is 5.78 Å². The molecule has 0 aliphatic heterocycles. The molecule has 4 saturated carbocycles. The van der Waals surface area contributed by atoms with Crippen LogP contribution in [0.2, 0.25) is 0 Å². The largest absolute Gasteiger partial charge is 0.460 e. The molecule has 0 bridgehead atoms. The molecule has 4 fully saturated rings. The normalized spacial score (nSPS) is 17.6. The molecule has 69 heavy (non-hydrogen) atoms. The number of alkyl carbamates (subject to hydrolysis) is 2. The second-order valence-electron chi connectivity index (χ2n) is 19.5. The minimum atomic E-state index is -4.68. The van der Waals surface area contributed by atoms with E-state index in [1.54, 1.807) is 62.3 Å². The quantitative estimate of drug-likeness (QED) is 0.0325. The van der Waals surface area contributed by atoms with Crippen molar-refractivity contribution in [2.24, 2.45) is 11.5 Å². The number of carbonyl (C=O) groups excluding carboxylic acids is 4. The third-order valence-electron chi connectivity index (χ3n) is 9.43. The first-order valence-corrected chi connectivity index (χ1v) is 21.9. The number of halogens is 10. The minimum Gasteiger partial charge on any atom is -0.460 e. The van der Waals surface area contributed by atoms with Crippen LogP contribution >= 0.6 is 15.9 Å². The molecule has 27 heteroatoms. The van der Waals surface area contributed by atoms with E-state index in [9.17, 15) is 58.7 Å². The number of rotatable bonds is 8. The van der Waals surface area contributed by atoms with E-state index < -0.39 is 98.0 Å². The van der Waals surface area contributed by atoms with Crippen molar-refractivity contribution in [3.8, 4) is 6.07 Å². The number of aromatic nitrogens is 4. The lowest BCUT2D eigenvalue weighted by atomic mass is 10.0. The number of carbonyl (C=O) groups is 4. The van der Waals surface area contributed by atoms with Gasteiger partial charge in [0.1, 0.15) is 56.8 Å². The van der Waals surface area contributed by atoms with Gasteiger partial charge in [-0.1, -0.05) is 23.4 Å². The molecule has 2 aromatic heterocycles. The van der Waals surface area contributed by atoms with Crippen LogP contribution in [0.15, 0.2) is 12.4 Å². The summed E-state index contributed by atoms with van der Waals surface area (Å²) >= 11 is 2.38. The summed E-state index contributed by atoms with van der Waals surface area (Å²) in [6.45, 7) is 16.0. The van der Waals surface area contributed by atoms with Crippen molar-refractivity contribution in [2.45, 2.75) is 185 Å². The third-order valence-corrected chi connectivity index (χ3v) is 9.94. The van der Waals surface area contributed by atoms with Crippen molar-refractivity contribution in [2.75, 3.05) is 5.33 Å². The maximum Gasteiger partial charge on any atom is 0.450 e. The molecule has 2 aromatic rings. The number of H-pyrrole nitrogens is 2. The average Bonchev–Trinajstić information content (AvgIpc) is 4.11. The van der Waals surface area contributed by atoms with E-state index in [0.29, 0.717) is 25.7 Å². The fourth-order valence-corrected chi connectivity index (χ4v) is 5.49. The number of nitriles is 1. The molecule has 17 nitrogen and oxygen atoms in total. The van der Waals surface area contributed by atoms with Crippen molar-refractivity contribution in [3.05, 3.63) is 35.4 Å². The highest BCUT2D eigenvalue weighted by molar-refractivity contribution is 9.09. The first-order chi connectivity index (χ1) is 30.5. The lowest BCUT2D eigenvalue weighted by Crippen LogP contribution is -2.48. The molecule has 6 rings (SSSR count). The summed E-state index contributed by atoms with van der Waals surface area (Å²) in [5.74, 6) is -1.71. The Morgan fingerprint density at radius 1 is 0.725 bits per heavy atom. The molecule has 0 radical (unpaired) electrons. The molecule has 2 amide bonds. The Balaban J connectivity index is 0.000000442. The Morgan fingerprint density at radius 3 is 1.41 bits per heavy atom. The number of imidazole rings is 2. The number of nitrogens with one attached hydrogen (secondary N) is 5. The van der Waals surface area contributed by atoms with Gasteiger partial charge in [-0.2, -0.15) is 44.8 Å². The Hall–Kier alpha value is -5.13. The minimum absolute atomic E-state index is 0. The van der Waals surface area contributed by atoms with Crippen molar-refractivity contribution in [1.29, 1.82) is 10.7 Å². The lowest BCUT2D eigenvalue weighted by Gasteiger charge is -2.22. The van der Waals surface area contributed by atoms with Crippen LogP contribution in [0.1, 0.15) is 151 Å². The molecule has 0 atom stereocenters. The zero-order valence-electron chi connectivity index (χ0n) is 38.9. The fourth-order valence-electron chi connectivity index (χ4n) is 5.18. The summed E-state index contributed by atoms with van der Waals surface area (Å²) in [5.41, 5.74) is 5.16. The molecular weight excluding hydrogens is 1010 g/mol. The van der Waals surface area contributed by atoms with Crippen molar-refractivity contribution in [1.82, 2.24) is 30.6 Å². The van der Waals surface area contributed by atoms with Crippen LogP contribution in [0, 0.1) is 16.7 Å². The molecular formula is C42H62BrF9N10O7. The van der Waals surface area contributed by atoms with Gasteiger partial charge in [-0.3, -0.25) is 15.0 Å². The maximum absolute atomic E-state index is 12.5. The number of amides is 2. The number of alkyl halides is 10. The van der Waals surface area contributed by atoms with Crippen LogP contribution in [0.3, 0.4) is 0 Å². The SMILES string of the molecule is C.CC(C)(C)OC(=O)CC1(c2ncc(C(F)(F)F)[nH]2)CC1.CC(C)(C)OC(=O)NC1(C#N)CC1.CC(C)(C)OC(=O)NC1(C(=N)N)CC1.NC1(c2ncc(C(F)(F)F)[nH]2)CC1.O=C(CBr)C(F)(F)F. The monoisotopic (exact) mass is 1070 g/mol. The van der Waals surface area contributed by atoms with Gasteiger partial charge >= 0.3 is 36.7 Å². The van der Waals surface area contributed by atoms with Crippen LogP contribution < -0.4 is 22.1 Å². The van der Waals surface area contributed by atoms with Gasteiger partial charge < -0.3 is 46.3 Å². The summed E-state index contributed by atoms with van der Waals surface area (Å²) in [7, 11) is 0. The molecule has 4 aliphatic carbocycles. The van der Waals surface area contributed by atoms with E-state index in [1.807, 2.05) is 0 Å². The summed E-state index contributed by atoms with van der Waals surface area (Å²) in [4.78, 5) is 55.9. The van der Waals surface area contributed by atoms with E-state index in [-0.39, 0.29) is 31.3 Å². The van der Waals surface area contributed by atoms with Crippen LogP contribution in [0.5, 0.6) is 0 Å². The lowest BCUT2D eigenvalue weighted by molar-refractivity contribution is -0.167. The third kappa shape index (κ3) is 21.6. The molecule has 392 valence electrons. The van der Waals surface area contributed by atoms with Gasteiger partial charge in [-0.25, -0.2) is 19.6 Å². The van der Waals surface area contributed by atoms with Gasteiger partial charge in [-0.05, 0) is 114 Å². The highest BCUT2D eigenvalue weighted by atomic mass is 79.9. The number of ether oxygens (including phenoxy) is 3. The molecule has 0 spiro atoms. The standard InChI is InChI=1S/C13H17F3N2O2.C9H17N3O2.C9H14N2O2.C7H8F3N3.C3H2BrF3O.CH4/c1-11(2,3)20-9(19)6-12(4-5-12)10-17-7-8(18-10)13(14,15)16;1-8(2,3)14-7(13)12-9(4-5-9)6(10)11;1-8(2,3)13-7(12)11-9(6-10)4-5-9;8-7(9,10)4-3-12-5(13-4)6(11)1-2-6;4-1-2(8)3(5,6)7;/h7H,4-6H2,1-3H3,(H,17,18);4-5H2,1-3H3,(H3,10,11)(H,12,13);4-5H2,1-3H3,(H,11,12);3H,1-2,11H2,(H,12,13);1H2;1H4. The second kappa shape index (κ2) is 22.3. The average molecular weight is 1070 g/mol. The number of hydrogen-bond acceptors (Lipinski definition) is 12. The van der Waals surface area contributed by atoms with Gasteiger partial charge in [0.15, 0.2) is 0 Å². The topological polar surface area (TPSA) is 277 Å². The molecule has 0 aromatic carbocycles. The van der Waals surface area contributed by atoms with Gasteiger partial charge in [0, 0.05) is 5.41 Å². The smallest absolute Gasteiger partial charge is 0.450 e. The first kappa shape index (κ1) is 61.9. The van der Waals surface area contributed by atoms with E-state index in [0.717, 1.165) is 38.1 Å². The van der Waals surface area contributed by atoms with Gasteiger partial charge in [-0.15, -0.1) is 0 Å². The number of nitrogens with two attached hydrogens (primary N) is 2. The van der Waals surface area contributed by atoms with Crippen LogP contribution in [0.4, 0.5) is 49.1 Å². The molecule has 0 unspecified atom stereocenters. The zero-order chi connectivity index (χ0) is 52.8. The van der Waals surface area contributed by atoms with E-state index in [2.05, 4.69) is 52.6 Å². The first-order valence-electron chi connectivity index (χ1n) is 20.7. The highest BCUT2D eigenvalue weighted by Crippen LogP contribution is 2.50.